The molecule has 1 aromatic heterocycles. The van der Waals surface area contributed by atoms with Gasteiger partial charge >= 0.3 is 0 Å². The Balaban J connectivity index is 1.72. The summed E-state index contributed by atoms with van der Waals surface area (Å²) in [6.45, 7) is 15.1. The van der Waals surface area contributed by atoms with Gasteiger partial charge in [0.15, 0.2) is 0 Å². The molecule has 6 nitrogen and oxygen atoms in total. The van der Waals surface area contributed by atoms with Crippen LogP contribution >= 0.6 is 0 Å². The molecule has 2 heterocycles. The summed E-state index contributed by atoms with van der Waals surface area (Å²) in [5.74, 6) is 1.56. The number of benzene rings is 1. The lowest BCUT2D eigenvalue weighted by molar-refractivity contribution is 0.242. The normalized spacial score (nSPS) is 17.4. The minimum absolute atomic E-state index is 0.0708. The Morgan fingerprint density at radius 1 is 1.03 bits per heavy atom. The van der Waals surface area contributed by atoms with E-state index in [1.807, 2.05) is 32.9 Å². The van der Waals surface area contributed by atoms with Gasteiger partial charge in [-0.15, -0.1) is 0 Å². The van der Waals surface area contributed by atoms with E-state index in [0.29, 0.717) is 37.0 Å². The van der Waals surface area contributed by atoms with E-state index in [9.17, 15) is 8.42 Å². The summed E-state index contributed by atoms with van der Waals surface area (Å²) < 4.78 is 34.2. The van der Waals surface area contributed by atoms with E-state index in [1.165, 1.54) is 0 Å². The van der Waals surface area contributed by atoms with E-state index in [1.54, 1.807) is 10.5 Å². The van der Waals surface area contributed by atoms with Gasteiger partial charge in [0.1, 0.15) is 5.76 Å². The van der Waals surface area contributed by atoms with E-state index in [4.69, 9.17) is 4.42 Å². The Hall–Kier alpha value is -1.70. The van der Waals surface area contributed by atoms with E-state index in [-0.39, 0.29) is 5.41 Å². The highest BCUT2D eigenvalue weighted by Crippen LogP contribution is 2.27. The summed E-state index contributed by atoms with van der Waals surface area (Å²) in [5, 5.41) is 0. The highest BCUT2D eigenvalue weighted by Gasteiger charge is 2.30. The van der Waals surface area contributed by atoms with Crippen LogP contribution in [0.1, 0.15) is 55.5 Å². The fraction of sp³-hybridized carbons (Fsp3) is 0.591. The Morgan fingerprint density at radius 2 is 1.69 bits per heavy atom. The number of hydrogen-bond acceptors (Lipinski definition) is 5. The molecular formula is C22H33N3O3S. The molecule has 0 aliphatic carbocycles. The number of oxazole rings is 1. The second-order valence-corrected chi connectivity index (χ2v) is 11.0. The van der Waals surface area contributed by atoms with Gasteiger partial charge in [-0.1, -0.05) is 38.5 Å². The zero-order valence-electron chi connectivity index (χ0n) is 18.4. The van der Waals surface area contributed by atoms with E-state index >= 15 is 0 Å². The summed E-state index contributed by atoms with van der Waals surface area (Å²) >= 11 is 0. The molecule has 1 aromatic carbocycles. The summed E-state index contributed by atoms with van der Waals surface area (Å²) in [4.78, 5) is 7.10. The van der Waals surface area contributed by atoms with Crippen LogP contribution in [0.5, 0.6) is 0 Å². The van der Waals surface area contributed by atoms with Crippen LogP contribution in [0.15, 0.2) is 27.6 Å². The van der Waals surface area contributed by atoms with Gasteiger partial charge in [0.25, 0.3) is 0 Å². The molecule has 0 unspecified atom stereocenters. The average molecular weight is 420 g/mol. The minimum Gasteiger partial charge on any atom is -0.444 e. The number of sulfonamides is 1. The van der Waals surface area contributed by atoms with Crippen LogP contribution in [-0.4, -0.2) is 48.8 Å². The first-order valence-corrected chi connectivity index (χ1v) is 11.7. The molecule has 1 aliphatic rings. The van der Waals surface area contributed by atoms with Crippen molar-refractivity contribution in [1.82, 2.24) is 14.2 Å². The van der Waals surface area contributed by atoms with Gasteiger partial charge in [-0.25, -0.2) is 13.4 Å². The summed E-state index contributed by atoms with van der Waals surface area (Å²) in [7, 11) is -3.51. The second kappa shape index (κ2) is 8.20. The first-order valence-electron chi connectivity index (χ1n) is 10.2. The third-order valence-corrected chi connectivity index (χ3v) is 7.61. The Bertz CT molecular complexity index is 950. The minimum atomic E-state index is -3.51. The van der Waals surface area contributed by atoms with Gasteiger partial charge in [0.05, 0.1) is 17.6 Å². The van der Waals surface area contributed by atoms with Crippen LogP contribution in [-0.2, 0) is 22.0 Å². The Morgan fingerprint density at radius 3 is 2.28 bits per heavy atom. The third-order valence-electron chi connectivity index (χ3n) is 5.40. The van der Waals surface area contributed by atoms with Gasteiger partial charge in [0.2, 0.25) is 15.9 Å². The van der Waals surface area contributed by atoms with Crippen LogP contribution in [0.2, 0.25) is 0 Å². The molecule has 0 atom stereocenters. The van der Waals surface area contributed by atoms with Gasteiger partial charge in [-0.05, 0) is 44.9 Å². The van der Waals surface area contributed by atoms with Gasteiger partial charge in [-0.2, -0.15) is 4.31 Å². The Kier molecular flexibility index (Phi) is 6.22. The predicted octanol–water partition coefficient (Wildman–Crippen LogP) is 3.79. The first kappa shape index (κ1) is 22.0. The van der Waals surface area contributed by atoms with E-state index in [0.717, 1.165) is 35.4 Å². The highest BCUT2D eigenvalue weighted by molar-refractivity contribution is 7.89. The molecule has 0 N–H and O–H groups in total. The fourth-order valence-corrected chi connectivity index (χ4v) is 5.85. The SMILES string of the molecule is Cc1cc(C)c(S(=O)(=O)N2CCCN(Cc3ncc(C(C)(C)C)o3)CC2)c(C)c1. The molecule has 0 saturated carbocycles. The molecule has 29 heavy (non-hydrogen) atoms. The molecule has 0 bridgehead atoms. The number of aryl methyl sites for hydroxylation is 3. The molecule has 3 rings (SSSR count). The molecule has 1 aliphatic heterocycles. The van der Waals surface area contributed by atoms with Crippen molar-refractivity contribution in [3.8, 4) is 0 Å². The van der Waals surface area contributed by atoms with Crippen LogP contribution < -0.4 is 0 Å². The van der Waals surface area contributed by atoms with Crippen molar-refractivity contribution >= 4 is 10.0 Å². The molecule has 160 valence electrons. The molecule has 0 amide bonds. The molecular weight excluding hydrogens is 386 g/mol. The largest absolute Gasteiger partial charge is 0.444 e. The topological polar surface area (TPSA) is 66.7 Å². The fourth-order valence-electron chi connectivity index (χ4n) is 3.97. The number of aromatic nitrogens is 1. The van der Waals surface area contributed by atoms with Crippen molar-refractivity contribution in [2.24, 2.45) is 0 Å². The summed E-state index contributed by atoms with van der Waals surface area (Å²) in [5.41, 5.74) is 2.65. The first-order chi connectivity index (χ1) is 13.5. The maximum Gasteiger partial charge on any atom is 0.243 e. The quantitative estimate of drug-likeness (QED) is 0.754. The van der Waals surface area contributed by atoms with E-state index in [2.05, 4.69) is 30.7 Å². The van der Waals surface area contributed by atoms with Crippen LogP contribution in [0.3, 0.4) is 0 Å². The maximum atomic E-state index is 13.3. The highest BCUT2D eigenvalue weighted by atomic mass is 32.2. The zero-order chi connectivity index (χ0) is 21.4. The second-order valence-electron chi connectivity index (χ2n) is 9.13. The number of nitrogens with zero attached hydrogens (tertiary/aromatic N) is 3. The molecule has 0 radical (unpaired) electrons. The summed E-state index contributed by atoms with van der Waals surface area (Å²) in [6, 6.07) is 3.89. The standard InChI is InChI=1S/C22H33N3O3S/c1-16-12-17(2)21(18(3)13-16)29(26,27)25-9-7-8-24(10-11-25)15-20-23-14-19(28-20)22(4,5)6/h12-14H,7-11,15H2,1-6H3. The lowest BCUT2D eigenvalue weighted by Gasteiger charge is -2.23. The Labute approximate surface area is 175 Å². The van der Waals surface area contributed by atoms with Crippen LogP contribution in [0.4, 0.5) is 0 Å². The van der Waals surface area contributed by atoms with Crippen molar-refractivity contribution in [1.29, 1.82) is 0 Å². The van der Waals surface area contributed by atoms with Crippen molar-refractivity contribution in [2.45, 2.75) is 64.8 Å². The van der Waals surface area contributed by atoms with Crippen LogP contribution in [0.25, 0.3) is 0 Å². The van der Waals surface area contributed by atoms with Crippen molar-refractivity contribution in [2.75, 3.05) is 26.2 Å². The van der Waals surface area contributed by atoms with Crippen LogP contribution in [0, 0.1) is 20.8 Å². The maximum absolute atomic E-state index is 13.3. The van der Waals surface area contributed by atoms with Gasteiger partial charge in [-0.3, -0.25) is 4.90 Å². The molecule has 7 heteroatoms. The van der Waals surface area contributed by atoms with Crippen molar-refractivity contribution < 1.29 is 12.8 Å². The predicted molar refractivity (Wildman–Crippen MR) is 115 cm³/mol. The van der Waals surface area contributed by atoms with Gasteiger partial charge in [0, 0.05) is 25.0 Å². The number of rotatable bonds is 4. The molecule has 1 fully saturated rings. The molecule has 0 spiro atoms. The lowest BCUT2D eigenvalue weighted by Crippen LogP contribution is -2.35. The van der Waals surface area contributed by atoms with Crippen molar-refractivity contribution in [3.05, 3.63) is 46.7 Å². The summed E-state index contributed by atoms with van der Waals surface area (Å²) in [6.07, 6.45) is 2.59. The van der Waals surface area contributed by atoms with Gasteiger partial charge < -0.3 is 4.42 Å². The smallest absolute Gasteiger partial charge is 0.243 e. The monoisotopic (exact) mass is 419 g/mol. The van der Waals surface area contributed by atoms with Crippen molar-refractivity contribution in [3.63, 3.8) is 0 Å². The van der Waals surface area contributed by atoms with E-state index < -0.39 is 10.0 Å². The zero-order valence-corrected chi connectivity index (χ0v) is 19.3. The molecule has 1 saturated heterocycles. The molecule has 2 aromatic rings. The lowest BCUT2D eigenvalue weighted by atomic mass is 9.94. The third kappa shape index (κ3) is 4.90. The average Bonchev–Trinajstić information content (AvgIpc) is 2.92. The number of hydrogen-bond donors (Lipinski definition) is 0.